The predicted molar refractivity (Wildman–Crippen MR) is 286 cm³/mol. The smallest absolute Gasteiger partial charge is 0.148 e. The Labute approximate surface area is 424 Å². The Bertz CT molecular complexity index is 3220. The van der Waals surface area contributed by atoms with E-state index in [-0.39, 0.29) is 55.4 Å². The number of pyridine rings is 1. The van der Waals surface area contributed by atoms with E-state index in [1.807, 2.05) is 12.3 Å². The van der Waals surface area contributed by atoms with Crippen molar-refractivity contribution in [1.82, 2.24) is 14.5 Å². The van der Waals surface area contributed by atoms with E-state index in [1.54, 1.807) is 0 Å². The molecule has 0 saturated carbocycles. The van der Waals surface area contributed by atoms with Crippen molar-refractivity contribution in [1.29, 1.82) is 0 Å². The standard InChI is InChI=1S/C64H64N3O.Pt/c1-40(2)53-35-48(45-26-19-14-20-27-45)36-54(41(3)4)60(53)67-58-29-21-28-52(59(58)66-62(67)55-37-51(63(6,7)8)38-56(61(55)68)64(9,10)11)49-32-47(42(5)43-22-15-12-16-23-43)33-50(34-49)57-31-30-46(39-65-57)44-24-17-13-18-25-44;/h12-33,35-42,68H,1-11H3;/q-1;. The monoisotopic (exact) mass is 1090 g/mol. The zero-order valence-electron chi connectivity index (χ0n) is 41.9. The summed E-state index contributed by atoms with van der Waals surface area (Å²) < 4.78 is 2.37. The minimum atomic E-state index is -0.333. The van der Waals surface area contributed by atoms with Gasteiger partial charge in [0.25, 0.3) is 0 Å². The van der Waals surface area contributed by atoms with Crippen LogP contribution in [0, 0.1) is 6.07 Å². The van der Waals surface area contributed by atoms with Crippen LogP contribution in [0.4, 0.5) is 0 Å². The first kappa shape index (κ1) is 49.1. The molecule has 7 aromatic carbocycles. The fraction of sp³-hybridized carbons (Fsp3) is 0.250. The first-order valence-electron chi connectivity index (χ1n) is 24.3. The predicted octanol–water partition coefficient (Wildman–Crippen LogP) is 17.3. The summed E-state index contributed by atoms with van der Waals surface area (Å²) in [5.74, 6) is 1.42. The van der Waals surface area contributed by atoms with Gasteiger partial charge in [-0.05, 0) is 97.4 Å². The third-order valence-electron chi connectivity index (χ3n) is 13.6. The Kier molecular flexibility index (Phi) is 13.9. The molecule has 69 heavy (non-hydrogen) atoms. The van der Waals surface area contributed by atoms with Gasteiger partial charge in [0, 0.05) is 38.5 Å². The van der Waals surface area contributed by atoms with Gasteiger partial charge in [-0.2, -0.15) is 0 Å². The molecule has 4 nitrogen and oxygen atoms in total. The van der Waals surface area contributed by atoms with Crippen molar-refractivity contribution in [3.8, 4) is 67.5 Å². The molecule has 1 atom stereocenters. The molecule has 9 rings (SSSR count). The molecule has 2 heterocycles. The summed E-state index contributed by atoms with van der Waals surface area (Å²) >= 11 is 0. The summed E-state index contributed by atoms with van der Waals surface area (Å²) in [6, 6.07) is 60.1. The van der Waals surface area contributed by atoms with E-state index in [0.717, 1.165) is 72.5 Å². The summed E-state index contributed by atoms with van der Waals surface area (Å²) in [6.07, 6.45) is 1.96. The number of phenolic OH excluding ortho intramolecular Hbond substituents is 1. The van der Waals surface area contributed by atoms with Crippen LogP contribution in [-0.4, -0.2) is 19.6 Å². The number of hydrogen-bond donors (Lipinski definition) is 1. The SMILES string of the molecule is CC(C)c1cc(-c2ccccc2)cc(C(C)C)c1-n1c(-c2cc(C(C)(C)C)cc(C(C)(C)C)c2O)nc2c(-c3[c-]c(-c4ccc(-c5ccccc5)cn4)cc(C(C)c4ccccc4)c3)cccc21.[Pt]. The summed E-state index contributed by atoms with van der Waals surface area (Å²) in [7, 11) is 0. The molecule has 0 saturated heterocycles. The maximum atomic E-state index is 12.7. The van der Waals surface area contributed by atoms with E-state index in [9.17, 15) is 5.11 Å². The summed E-state index contributed by atoms with van der Waals surface area (Å²) in [5, 5.41) is 12.7. The van der Waals surface area contributed by atoms with Crippen LogP contribution in [0.15, 0.2) is 164 Å². The molecule has 0 bridgehead atoms. The van der Waals surface area contributed by atoms with Gasteiger partial charge in [-0.15, -0.1) is 29.3 Å². The second-order valence-electron chi connectivity index (χ2n) is 21.2. The van der Waals surface area contributed by atoms with Crippen LogP contribution in [0.1, 0.15) is 127 Å². The largest absolute Gasteiger partial charge is 0.507 e. The van der Waals surface area contributed by atoms with Crippen LogP contribution in [-0.2, 0) is 31.9 Å². The molecule has 1 unspecified atom stereocenters. The number of nitrogens with zero attached hydrogens (tertiary/aromatic N) is 3. The van der Waals surface area contributed by atoms with E-state index in [2.05, 4.69) is 238 Å². The molecular weight excluding hydrogens is 1020 g/mol. The molecular formula is C64H64N3OPt-. The molecule has 0 radical (unpaired) electrons. The van der Waals surface area contributed by atoms with Gasteiger partial charge in [0.2, 0.25) is 0 Å². The number of para-hydroxylation sites is 1. The maximum absolute atomic E-state index is 12.7. The number of aromatic nitrogens is 3. The molecule has 0 spiro atoms. The number of aromatic hydroxyl groups is 1. The van der Waals surface area contributed by atoms with Crippen LogP contribution in [0.25, 0.3) is 72.7 Å². The van der Waals surface area contributed by atoms with Crippen LogP contribution in [0.2, 0.25) is 0 Å². The zero-order chi connectivity index (χ0) is 48.1. The van der Waals surface area contributed by atoms with E-state index >= 15 is 0 Å². The van der Waals surface area contributed by atoms with Gasteiger partial charge in [-0.1, -0.05) is 209 Å². The fourth-order valence-electron chi connectivity index (χ4n) is 9.56. The van der Waals surface area contributed by atoms with E-state index in [1.165, 1.54) is 27.8 Å². The maximum Gasteiger partial charge on any atom is 0.148 e. The Morgan fingerprint density at radius 2 is 1.12 bits per heavy atom. The zero-order valence-corrected chi connectivity index (χ0v) is 44.2. The summed E-state index contributed by atoms with van der Waals surface area (Å²) in [5.41, 5.74) is 18.3. The molecule has 0 amide bonds. The average Bonchev–Trinajstić information content (AvgIpc) is 3.72. The van der Waals surface area contributed by atoms with Gasteiger partial charge >= 0.3 is 0 Å². The van der Waals surface area contributed by atoms with Crippen LogP contribution in [0.5, 0.6) is 5.75 Å². The molecule has 1 N–H and O–H groups in total. The average molecular weight is 1090 g/mol. The molecule has 5 heteroatoms. The Hall–Kier alpha value is -6.35. The van der Waals surface area contributed by atoms with E-state index in [0.29, 0.717) is 5.82 Å². The third kappa shape index (κ3) is 9.79. The van der Waals surface area contributed by atoms with Crippen molar-refractivity contribution in [2.24, 2.45) is 0 Å². The normalized spacial score (nSPS) is 12.4. The fourth-order valence-corrected chi connectivity index (χ4v) is 9.56. The van der Waals surface area contributed by atoms with Crippen molar-refractivity contribution < 1.29 is 26.2 Å². The first-order valence-corrected chi connectivity index (χ1v) is 24.3. The molecule has 2 aromatic heterocycles. The Morgan fingerprint density at radius 3 is 1.67 bits per heavy atom. The van der Waals surface area contributed by atoms with Gasteiger partial charge in [0.15, 0.2) is 0 Å². The quantitative estimate of drug-likeness (QED) is 0.139. The molecule has 352 valence electrons. The van der Waals surface area contributed by atoms with Crippen LogP contribution in [0.3, 0.4) is 0 Å². The number of benzene rings is 7. The second-order valence-corrected chi connectivity index (χ2v) is 21.2. The third-order valence-corrected chi connectivity index (χ3v) is 13.6. The number of fused-ring (bicyclic) bond motifs is 1. The van der Waals surface area contributed by atoms with Crippen molar-refractivity contribution in [2.45, 2.75) is 105 Å². The van der Waals surface area contributed by atoms with Crippen molar-refractivity contribution in [3.63, 3.8) is 0 Å². The van der Waals surface area contributed by atoms with Crippen molar-refractivity contribution in [2.75, 3.05) is 0 Å². The molecule has 9 aromatic rings. The van der Waals surface area contributed by atoms with Crippen molar-refractivity contribution >= 4 is 11.0 Å². The van der Waals surface area contributed by atoms with Gasteiger partial charge in [0.05, 0.1) is 22.3 Å². The minimum absolute atomic E-state index is 0. The van der Waals surface area contributed by atoms with Crippen LogP contribution < -0.4 is 0 Å². The topological polar surface area (TPSA) is 50.9 Å². The number of phenols is 1. The minimum Gasteiger partial charge on any atom is -0.507 e. The van der Waals surface area contributed by atoms with E-state index in [4.69, 9.17) is 9.97 Å². The Balaban J connectivity index is 0.00000642. The molecule has 0 aliphatic heterocycles. The van der Waals surface area contributed by atoms with Gasteiger partial charge < -0.3 is 5.11 Å². The molecule has 0 aliphatic rings. The number of imidazole rings is 1. The number of rotatable bonds is 10. The molecule has 0 fully saturated rings. The van der Waals surface area contributed by atoms with E-state index < -0.39 is 0 Å². The van der Waals surface area contributed by atoms with Gasteiger partial charge in [0.1, 0.15) is 11.6 Å². The number of hydrogen-bond acceptors (Lipinski definition) is 3. The van der Waals surface area contributed by atoms with Crippen LogP contribution >= 0.6 is 0 Å². The Morgan fingerprint density at radius 1 is 0.536 bits per heavy atom. The summed E-state index contributed by atoms with van der Waals surface area (Å²) in [6.45, 7) is 24.7. The summed E-state index contributed by atoms with van der Waals surface area (Å²) in [4.78, 5) is 10.8. The second kappa shape index (κ2) is 19.6. The van der Waals surface area contributed by atoms with Gasteiger partial charge in [-0.3, -0.25) is 9.55 Å². The van der Waals surface area contributed by atoms with Crippen molar-refractivity contribution in [3.05, 3.63) is 203 Å². The first-order chi connectivity index (χ1) is 32.5. The van der Waals surface area contributed by atoms with Gasteiger partial charge in [-0.25, -0.2) is 4.98 Å². The molecule has 0 aliphatic carbocycles.